The van der Waals surface area contributed by atoms with E-state index >= 15 is 0 Å². The summed E-state index contributed by atoms with van der Waals surface area (Å²) < 4.78 is 0. The maximum absolute atomic E-state index is 12.4. The Morgan fingerprint density at radius 3 is 2.26 bits per heavy atom. The summed E-state index contributed by atoms with van der Waals surface area (Å²) in [4.78, 5) is 33.8. The molecule has 0 unspecified atom stereocenters. The number of thiazole rings is 1. The van der Waals surface area contributed by atoms with Gasteiger partial charge in [0.05, 0.1) is 6.54 Å². The quantitative estimate of drug-likeness (QED) is 0.783. The first kappa shape index (κ1) is 17.6. The van der Waals surface area contributed by atoms with E-state index in [1.54, 1.807) is 5.38 Å². The average Bonchev–Trinajstić information content (AvgIpc) is 3.01. The number of amides is 3. The van der Waals surface area contributed by atoms with E-state index in [-0.39, 0.29) is 11.7 Å². The van der Waals surface area contributed by atoms with Gasteiger partial charge in [-0.1, -0.05) is 0 Å². The molecule has 0 spiro atoms. The Hall–Kier alpha value is -1.71. The van der Waals surface area contributed by atoms with Crippen LogP contribution in [0.2, 0.25) is 0 Å². The Labute approximate surface area is 140 Å². The highest BCUT2D eigenvalue weighted by atomic mass is 32.1. The normalized spacial score (nSPS) is 18.1. The number of likely N-dealkylation sites (N-methyl/N-ethyl adjacent to an activating group) is 2. The molecule has 2 rings (SSSR count). The number of carbonyl (C=O) groups is 2. The van der Waals surface area contributed by atoms with Gasteiger partial charge < -0.3 is 25.8 Å². The smallest absolute Gasteiger partial charge is 0.317 e. The minimum Gasteiger partial charge on any atom is -0.364 e. The van der Waals surface area contributed by atoms with Gasteiger partial charge in [-0.05, 0) is 14.1 Å². The van der Waals surface area contributed by atoms with Crippen molar-refractivity contribution in [3.63, 3.8) is 0 Å². The molecule has 1 aliphatic rings. The summed E-state index contributed by atoms with van der Waals surface area (Å²) in [6.07, 6.45) is 0. The fourth-order valence-corrected chi connectivity index (χ4v) is 2.95. The molecule has 128 valence electrons. The van der Waals surface area contributed by atoms with Gasteiger partial charge in [-0.2, -0.15) is 0 Å². The third-order valence-electron chi connectivity index (χ3n) is 3.85. The van der Waals surface area contributed by atoms with Gasteiger partial charge in [-0.15, -0.1) is 11.3 Å². The highest BCUT2D eigenvalue weighted by Crippen LogP contribution is 2.09. The van der Waals surface area contributed by atoms with Crippen molar-refractivity contribution < 1.29 is 9.59 Å². The van der Waals surface area contributed by atoms with Crippen LogP contribution < -0.4 is 11.1 Å². The number of hydrogen-bond acceptors (Lipinski definition) is 6. The fraction of sp³-hybridized carbons (Fsp3) is 0.643. The van der Waals surface area contributed by atoms with E-state index < -0.39 is 5.91 Å². The summed E-state index contributed by atoms with van der Waals surface area (Å²) in [5, 5.41) is 5.14. The minimum absolute atomic E-state index is 0.107. The molecule has 0 atom stereocenters. The van der Waals surface area contributed by atoms with E-state index in [4.69, 9.17) is 5.73 Å². The van der Waals surface area contributed by atoms with Crippen LogP contribution in [-0.4, -0.2) is 85.0 Å². The Morgan fingerprint density at radius 1 is 1.17 bits per heavy atom. The maximum Gasteiger partial charge on any atom is 0.317 e. The molecule has 1 aliphatic heterocycles. The topological polar surface area (TPSA) is 94.8 Å². The summed E-state index contributed by atoms with van der Waals surface area (Å²) in [5.41, 5.74) is 5.41. The molecule has 2 heterocycles. The molecular weight excluding hydrogens is 316 g/mol. The first-order chi connectivity index (χ1) is 11.0. The van der Waals surface area contributed by atoms with Crippen molar-refractivity contribution >= 4 is 23.3 Å². The summed E-state index contributed by atoms with van der Waals surface area (Å²) in [7, 11) is 4.13. The number of primary amides is 1. The van der Waals surface area contributed by atoms with E-state index in [9.17, 15) is 9.59 Å². The second-order valence-corrected chi connectivity index (χ2v) is 6.69. The number of urea groups is 1. The third kappa shape index (κ3) is 5.45. The predicted molar refractivity (Wildman–Crippen MR) is 89.4 cm³/mol. The number of aromatic nitrogens is 1. The Bertz CT molecular complexity index is 535. The maximum atomic E-state index is 12.4. The summed E-state index contributed by atoms with van der Waals surface area (Å²) in [6.45, 7) is 5.40. The van der Waals surface area contributed by atoms with E-state index in [0.29, 0.717) is 24.6 Å². The second kappa shape index (κ2) is 8.23. The molecular formula is C14H24N6O2S. The number of nitrogens with two attached hydrogens (primary N) is 1. The Kier molecular flexibility index (Phi) is 6.31. The molecule has 0 saturated carbocycles. The molecule has 0 radical (unpaired) electrons. The number of rotatable bonds is 3. The van der Waals surface area contributed by atoms with Gasteiger partial charge >= 0.3 is 6.03 Å². The van der Waals surface area contributed by atoms with Crippen LogP contribution in [0.1, 0.15) is 15.5 Å². The highest BCUT2D eigenvalue weighted by Gasteiger charge is 2.17. The van der Waals surface area contributed by atoms with E-state index in [1.807, 2.05) is 4.90 Å². The van der Waals surface area contributed by atoms with Crippen LogP contribution in [0.4, 0.5) is 4.79 Å². The Balaban J connectivity index is 1.88. The van der Waals surface area contributed by atoms with Crippen LogP contribution in [0.3, 0.4) is 0 Å². The van der Waals surface area contributed by atoms with Gasteiger partial charge in [0.15, 0.2) is 0 Å². The summed E-state index contributed by atoms with van der Waals surface area (Å²) in [5.74, 6) is -0.551. The van der Waals surface area contributed by atoms with Crippen molar-refractivity contribution in [1.29, 1.82) is 0 Å². The van der Waals surface area contributed by atoms with E-state index in [2.05, 4.69) is 34.2 Å². The van der Waals surface area contributed by atoms with Crippen molar-refractivity contribution in [3.05, 3.63) is 16.1 Å². The largest absolute Gasteiger partial charge is 0.364 e. The van der Waals surface area contributed by atoms with Crippen LogP contribution in [0.5, 0.6) is 0 Å². The molecule has 1 fully saturated rings. The van der Waals surface area contributed by atoms with E-state index in [1.165, 1.54) is 11.3 Å². The zero-order chi connectivity index (χ0) is 16.8. The highest BCUT2D eigenvalue weighted by molar-refractivity contribution is 7.09. The zero-order valence-corrected chi connectivity index (χ0v) is 14.4. The SMILES string of the molecule is CN1CCN(C)CCN(C(=O)NCc2nc(C(N)=O)cs2)CC1. The van der Waals surface area contributed by atoms with Crippen LogP contribution in [-0.2, 0) is 6.54 Å². The van der Waals surface area contributed by atoms with Crippen molar-refractivity contribution in [2.24, 2.45) is 5.73 Å². The number of nitrogens with zero attached hydrogens (tertiary/aromatic N) is 4. The fourth-order valence-electron chi connectivity index (χ4n) is 2.23. The standard InChI is InChI=1S/C14H24N6O2S/c1-18-3-4-19(2)6-8-20(7-5-18)14(22)16-9-12-17-11(10-23-12)13(15)21/h10H,3-9H2,1-2H3,(H2,15,21)(H,16,22). The van der Waals surface area contributed by atoms with Gasteiger partial charge in [0.25, 0.3) is 5.91 Å². The lowest BCUT2D eigenvalue weighted by Gasteiger charge is -2.24. The zero-order valence-electron chi connectivity index (χ0n) is 13.6. The van der Waals surface area contributed by atoms with Crippen molar-refractivity contribution in [2.75, 3.05) is 53.4 Å². The van der Waals surface area contributed by atoms with Gasteiger partial charge in [0.1, 0.15) is 10.7 Å². The molecule has 0 aromatic carbocycles. The molecule has 8 nitrogen and oxygen atoms in total. The molecule has 23 heavy (non-hydrogen) atoms. The van der Waals surface area contributed by atoms with Crippen LogP contribution in [0.15, 0.2) is 5.38 Å². The second-order valence-electron chi connectivity index (χ2n) is 5.74. The minimum atomic E-state index is -0.551. The number of hydrogen-bond donors (Lipinski definition) is 2. The summed E-state index contributed by atoms with van der Waals surface area (Å²) in [6, 6.07) is -0.107. The first-order valence-corrected chi connectivity index (χ1v) is 8.47. The molecule has 0 bridgehead atoms. The van der Waals surface area contributed by atoms with Gasteiger partial charge in [-0.25, -0.2) is 9.78 Å². The molecule has 1 saturated heterocycles. The molecule has 3 N–H and O–H groups in total. The lowest BCUT2D eigenvalue weighted by atomic mass is 10.4. The lowest BCUT2D eigenvalue weighted by Crippen LogP contribution is -2.44. The first-order valence-electron chi connectivity index (χ1n) is 7.60. The molecule has 9 heteroatoms. The number of nitrogens with one attached hydrogen (secondary N) is 1. The molecule has 3 amide bonds. The van der Waals surface area contributed by atoms with E-state index in [0.717, 1.165) is 26.2 Å². The molecule has 1 aromatic heterocycles. The average molecular weight is 340 g/mol. The van der Waals surface area contributed by atoms with Crippen molar-refractivity contribution in [2.45, 2.75) is 6.54 Å². The Morgan fingerprint density at radius 2 is 1.74 bits per heavy atom. The van der Waals surface area contributed by atoms with Crippen molar-refractivity contribution in [1.82, 2.24) is 25.0 Å². The summed E-state index contributed by atoms with van der Waals surface area (Å²) >= 11 is 1.32. The molecule has 0 aliphatic carbocycles. The lowest BCUT2D eigenvalue weighted by molar-refractivity contribution is 0.0996. The van der Waals surface area contributed by atoms with Gasteiger partial charge in [0, 0.05) is 44.6 Å². The van der Waals surface area contributed by atoms with Gasteiger partial charge in [-0.3, -0.25) is 4.79 Å². The molecule has 1 aromatic rings. The third-order valence-corrected chi connectivity index (χ3v) is 4.70. The van der Waals surface area contributed by atoms with Crippen molar-refractivity contribution in [3.8, 4) is 0 Å². The number of carbonyl (C=O) groups excluding carboxylic acids is 2. The van der Waals surface area contributed by atoms with Crippen LogP contribution in [0, 0.1) is 0 Å². The monoisotopic (exact) mass is 340 g/mol. The van der Waals surface area contributed by atoms with Gasteiger partial charge in [0.2, 0.25) is 0 Å². The predicted octanol–water partition coefficient (Wildman–Crippen LogP) is -0.369. The van der Waals surface area contributed by atoms with Crippen LogP contribution >= 0.6 is 11.3 Å². The van der Waals surface area contributed by atoms with Crippen LogP contribution in [0.25, 0.3) is 0 Å².